The molecular formula is C16H8Br4O8. The lowest BCUT2D eigenvalue weighted by Gasteiger charge is -2.30. The Balaban J connectivity index is 2.27. The summed E-state index contributed by atoms with van der Waals surface area (Å²) in [5.74, 6) is -6.82. The number of phenols is 6. The number of aliphatic hydroxyl groups excluding tert-OH is 1. The van der Waals surface area contributed by atoms with Crippen molar-refractivity contribution in [3.63, 3.8) is 0 Å². The Morgan fingerprint density at radius 1 is 0.571 bits per heavy atom. The van der Waals surface area contributed by atoms with E-state index in [1.165, 1.54) is 0 Å². The second kappa shape index (κ2) is 7.01. The second-order valence-electron chi connectivity index (χ2n) is 5.69. The average molecular weight is 648 g/mol. The van der Waals surface area contributed by atoms with E-state index >= 15 is 0 Å². The van der Waals surface area contributed by atoms with Gasteiger partial charge in [0.05, 0.1) is 16.7 Å². The van der Waals surface area contributed by atoms with Crippen molar-refractivity contribution in [1.82, 2.24) is 0 Å². The third-order valence-electron chi connectivity index (χ3n) is 4.22. The number of aromatic hydroxyl groups is 6. The van der Waals surface area contributed by atoms with Crippen LogP contribution in [-0.4, -0.2) is 41.5 Å². The first-order valence-electron chi connectivity index (χ1n) is 7.14. The number of aliphatic hydroxyl groups is 1. The molecule has 28 heavy (non-hydrogen) atoms. The average Bonchev–Trinajstić information content (AvgIpc) is 2.68. The van der Waals surface area contributed by atoms with Gasteiger partial charge >= 0.3 is 0 Å². The molecule has 0 radical (unpaired) electrons. The number of rotatable bonds is 2. The summed E-state index contributed by atoms with van der Waals surface area (Å²) in [5, 5.41) is 71.0. The Morgan fingerprint density at radius 3 is 1.29 bits per heavy atom. The zero-order valence-electron chi connectivity index (χ0n) is 13.1. The largest absolute Gasteiger partial charge is 0.510 e. The van der Waals surface area contributed by atoms with Gasteiger partial charge in [0.25, 0.3) is 0 Å². The molecule has 8 nitrogen and oxygen atoms in total. The molecule has 1 aliphatic rings. The van der Waals surface area contributed by atoms with Crippen molar-refractivity contribution < 1.29 is 40.5 Å². The SMILES string of the molecule is O=C1C(c2c(O)c(Br)c(O)c(Br)c2O)=C(O)C1c1c(O)c(Br)c(O)c(Br)c1O. The van der Waals surface area contributed by atoms with E-state index in [-0.39, 0.29) is 17.9 Å². The quantitative estimate of drug-likeness (QED) is 0.249. The fourth-order valence-electron chi connectivity index (χ4n) is 2.81. The highest BCUT2D eigenvalue weighted by molar-refractivity contribution is 9.11. The van der Waals surface area contributed by atoms with Gasteiger partial charge in [-0.15, -0.1) is 0 Å². The van der Waals surface area contributed by atoms with Crippen LogP contribution in [0, 0.1) is 0 Å². The maximum absolute atomic E-state index is 12.7. The number of Topliss-reactive ketones (excluding diaryl/α,β-unsaturated/α-hetero) is 1. The van der Waals surface area contributed by atoms with E-state index in [9.17, 15) is 40.5 Å². The van der Waals surface area contributed by atoms with Crippen LogP contribution < -0.4 is 0 Å². The van der Waals surface area contributed by atoms with Gasteiger partial charge in [-0.05, 0) is 63.7 Å². The molecule has 0 heterocycles. The first-order chi connectivity index (χ1) is 12.9. The van der Waals surface area contributed by atoms with E-state index < -0.39 is 68.7 Å². The van der Waals surface area contributed by atoms with Gasteiger partial charge < -0.3 is 35.7 Å². The summed E-state index contributed by atoms with van der Waals surface area (Å²) in [7, 11) is 0. The van der Waals surface area contributed by atoms with E-state index in [4.69, 9.17) is 0 Å². The van der Waals surface area contributed by atoms with Crippen LogP contribution in [0.1, 0.15) is 17.0 Å². The summed E-state index contributed by atoms with van der Waals surface area (Å²) < 4.78 is -0.904. The van der Waals surface area contributed by atoms with Crippen LogP contribution >= 0.6 is 63.7 Å². The van der Waals surface area contributed by atoms with Gasteiger partial charge in [0.15, 0.2) is 17.3 Å². The van der Waals surface area contributed by atoms with Gasteiger partial charge in [0, 0.05) is 0 Å². The number of ketones is 1. The van der Waals surface area contributed by atoms with E-state index in [1.54, 1.807) is 0 Å². The molecule has 12 heteroatoms. The van der Waals surface area contributed by atoms with E-state index in [0.717, 1.165) is 0 Å². The summed E-state index contributed by atoms with van der Waals surface area (Å²) in [6.45, 7) is 0. The topological polar surface area (TPSA) is 159 Å². The van der Waals surface area contributed by atoms with Crippen molar-refractivity contribution in [3.05, 3.63) is 34.8 Å². The maximum Gasteiger partial charge on any atom is 0.182 e. The number of benzene rings is 2. The Hall–Kier alpha value is -1.63. The van der Waals surface area contributed by atoms with Crippen LogP contribution in [-0.2, 0) is 4.79 Å². The highest BCUT2D eigenvalue weighted by atomic mass is 79.9. The van der Waals surface area contributed by atoms with Crippen molar-refractivity contribution in [1.29, 1.82) is 0 Å². The summed E-state index contributed by atoms with van der Waals surface area (Å²) in [4.78, 5) is 12.7. The molecule has 0 amide bonds. The number of hydrogen-bond acceptors (Lipinski definition) is 8. The van der Waals surface area contributed by atoms with Gasteiger partial charge in [0.2, 0.25) is 0 Å². The maximum atomic E-state index is 12.7. The number of halogens is 4. The first kappa shape index (κ1) is 21.1. The second-order valence-corrected chi connectivity index (χ2v) is 8.87. The molecule has 0 aliphatic heterocycles. The molecule has 0 spiro atoms. The standard InChI is InChI=1S/C16H8Br4O8/c17-5-11(23)3(12(24)6(18)15(5)27)1-9(21)2(10(1)22)4-13(25)7(19)16(28)8(20)14(4)26/h1,21,23-28H. The molecule has 0 bridgehead atoms. The summed E-state index contributed by atoms with van der Waals surface area (Å²) in [6.07, 6.45) is 0. The first-order valence-corrected chi connectivity index (χ1v) is 10.3. The van der Waals surface area contributed by atoms with Crippen molar-refractivity contribution in [2.75, 3.05) is 0 Å². The van der Waals surface area contributed by atoms with Gasteiger partial charge in [-0.25, -0.2) is 0 Å². The normalized spacial score (nSPS) is 16.4. The van der Waals surface area contributed by atoms with Gasteiger partial charge in [-0.2, -0.15) is 0 Å². The van der Waals surface area contributed by atoms with Crippen LogP contribution in [0.3, 0.4) is 0 Å². The highest BCUT2D eigenvalue weighted by Crippen LogP contribution is 2.59. The zero-order chi connectivity index (χ0) is 21.2. The fraction of sp³-hybridized carbons (Fsp3) is 0.0625. The third-order valence-corrected chi connectivity index (χ3v) is 7.23. The lowest BCUT2D eigenvalue weighted by Crippen LogP contribution is -2.29. The van der Waals surface area contributed by atoms with Crippen molar-refractivity contribution in [3.8, 4) is 34.5 Å². The minimum Gasteiger partial charge on any atom is -0.510 e. The highest BCUT2D eigenvalue weighted by Gasteiger charge is 2.47. The van der Waals surface area contributed by atoms with Crippen molar-refractivity contribution >= 4 is 75.1 Å². The molecule has 2 aromatic carbocycles. The Kier molecular flexibility index (Phi) is 5.28. The van der Waals surface area contributed by atoms with Gasteiger partial charge in [-0.1, -0.05) is 0 Å². The minimum absolute atomic E-state index is 0.220. The van der Waals surface area contributed by atoms with Crippen LogP contribution in [0.15, 0.2) is 23.7 Å². The Morgan fingerprint density at radius 2 is 0.929 bits per heavy atom. The predicted octanol–water partition coefficient (Wildman–Crippen LogP) is 4.61. The molecule has 148 valence electrons. The Bertz CT molecular complexity index is 1050. The summed E-state index contributed by atoms with van der Waals surface area (Å²) in [6, 6.07) is 0. The van der Waals surface area contributed by atoms with Gasteiger partial charge in [0.1, 0.15) is 52.6 Å². The predicted molar refractivity (Wildman–Crippen MR) is 111 cm³/mol. The molecule has 7 N–H and O–H groups in total. The monoisotopic (exact) mass is 644 g/mol. The number of carbonyl (C=O) groups is 1. The van der Waals surface area contributed by atoms with Crippen molar-refractivity contribution in [2.24, 2.45) is 0 Å². The zero-order valence-corrected chi connectivity index (χ0v) is 19.5. The van der Waals surface area contributed by atoms with Crippen LogP contribution in [0.2, 0.25) is 0 Å². The number of carbonyl (C=O) groups excluding carboxylic acids is 1. The minimum atomic E-state index is -1.52. The van der Waals surface area contributed by atoms with Gasteiger partial charge in [-0.3, -0.25) is 4.79 Å². The molecule has 0 aromatic heterocycles. The molecule has 0 saturated carbocycles. The summed E-state index contributed by atoms with van der Waals surface area (Å²) in [5.41, 5.74) is -1.31. The Labute approximate surface area is 189 Å². The molecule has 0 fully saturated rings. The lowest BCUT2D eigenvalue weighted by atomic mass is 9.74. The lowest BCUT2D eigenvalue weighted by molar-refractivity contribution is -0.116. The van der Waals surface area contributed by atoms with Crippen LogP contribution in [0.4, 0.5) is 0 Å². The molecule has 1 atom stereocenters. The fourth-order valence-corrected chi connectivity index (χ4v) is 4.96. The smallest absolute Gasteiger partial charge is 0.182 e. The van der Waals surface area contributed by atoms with E-state index in [0.29, 0.717) is 0 Å². The van der Waals surface area contributed by atoms with Crippen LogP contribution in [0.25, 0.3) is 5.57 Å². The molecule has 2 aromatic rings. The van der Waals surface area contributed by atoms with E-state index in [2.05, 4.69) is 63.7 Å². The number of phenolic OH excluding ortho intramolecular Hbond substituents is 6. The number of hydrogen-bond donors (Lipinski definition) is 7. The summed E-state index contributed by atoms with van der Waals surface area (Å²) >= 11 is 11.7. The van der Waals surface area contributed by atoms with Crippen molar-refractivity contribution in [2.45, 2.75) is 5.92 Å². The molecule has 1 unspecified atom stereocenters. The van der Waals surface area contributed by atoms with Crippen LogP contribution in [0.5, 0.6) is 34.5 Å². The van der Waals surface area contributed by atoms with E-state index in [1.807, 2.05) is 0 Å². The molecule has 3 rings (SSSR count). The molecular weight excluding hydrogens is 640 g/mol. The molecule has 0 saturated heterocycles. The number of allylic oxidation sites excluding steroid dienone is 2. The third kappa shape index (κ3) is 2.69. The molecule has 1 aliphatic carbocycles.